The molecular weight excluding hydrogens is 188 g/mol. The molecule has 3 nitrogen and oxygen atoms in total. The Bertz CT molecular complexity index is 204. The maximum atomic E-state index is 5.81. The van der Waals surface area contributed by atoms with E-state index in [0.717, 1.165) is 25.7 Å². The topological polar surface area (TPSA) is 38.5 Å². The standard InChI is InChI=1S/C12H24N2O/c1-12(9-13)4-5-14(10-12)7-11-3-2-6-15-8-11/h11H,2-10,13H2,1H3. The summed E-state index contributed by atoms with van der Waals surface area (Å²) in [6, 6.07) is 0. The van der Waals surface area contributed by atoms with Crippen molar-refractivity contribution in [3.8, 4) is 0 Å². The molecule has 2 atom stereocenters. The van der Waals surface area contributed by atoms with Crippen molar-refractivity contribution in [3.63, 3.8) is 0 Å². The van der Waals surface area contributed by atoms with Crippen LogP contribution in [0.1, 0.15) is 26.2 Å². The molecule has 0 spiro atoms. The van der Waals surface area contributed by atoms with Crippen LogP contribution in [0.25, 0.3) is 0 Å². The van der Waals surface area contributed by atoms with Gasteiger partial charge in [0.25, 0.3) is 0 Å². The molecule has 15 heavy (non-hydrogen) atoms. The Morgan fingerprint density at radius 2 is 2.40 bits per heavy atom. The normalized spacial score (nSPS) is 38.4. The van der Waals surface area contributed by atoms with Gasteiger partial charge in [0.15, 0.2) is 0 Å². The molecule has 2 aliphatic heterocycles. The number of nitrogens with two attached hydrogens (primary N) is 1. The predicted molar refractivity (Wildman–Crippen MR) is 61.8 cm³/mol. The van der Waals surface area contributed by atoms with Gasteiger partial charge in [-0.1, -0.05) is 6.92 Å². The highest BCUT2D eigenvalue weighted by atomic mass is 16.5. The lowest BCUT2D eigenvalue weighted by atomic mass is 9.90. The summed E-state index contributed by atoms with van der Waals surface area (Å²) in [5, 5.41) is 0. The average molecular weight is 212 g/mol. The van der Waals surface area contributed by atoms with Crippen LogP contribution in [-0.2, 0) is 4.74 Å². The largest absolute Gasteiger partial charge is 0.381 e. The fourth-order valence-electron chi connectivity index (χ4n) is 2.76. The summed E-state index contributed by atoms with van der Waals surface area (Å²) in [6.45, 7) is 8.70. The summed E-state index contributed by atoms with van der Waals surface area (Å²) >= 11 is 0. The zero-order valence-corrected chi connectivity index (χ0v) is 9.87. The Morgan fingerprint density at radius 3 is 3.00 bits per heavy atom. The van der Waals surface area contributed by atoms with Gasteiger partial charge in [-0.3, -0.25) is 0 Å². The van der Waals surface area contributed by atoms with Gasteiger partial charge in [-0.05, 0) is 43.7 Å². The molecule has 2 rings (SSSR count). The summed E-state index contributed by atoms with van der Waals surface area (Å²) in [4.78, 5) is 2.58. The molecule has 2 fully saturated rings. The van der Waals surface area contributed by atoms with Crippen LogP contribution < -0.4 is 5.73 Å². The molecule has 2 N–H and O–H groups in total. The van der Waals surface area contributed by atoms with E-state index in [-0.39, 0.29) is 0 Å². The number of likely N-dealkylation sites (tertiary alicyclic amines) is 1. The lowest BCUT2D eigenvalue weighted by Gasteiger charge is -2.28. The second-order valence-corrected chi connectivity index (χ2v) is 5.58. The lowest BCUT2D eigenvalue weighted by Crippen LogP contribution is -2.35. The number of hydrogen-bond donors (Lipinski definition) is 1. The van der Waals surface area contributed by atoms with Gasteiger partial charge in [0, 0.05) is 19.7 Å². The molecule has 0 aromatic rings. The number of nitrogens with zero attached hydrogens (tertiary/aromatic N) is 1. The minimum Gasteiger partial charge on any atom is -0.381 e. The Morgan fingerprint density at radius 1 is 1.53 bits per heavy atom. The van der Waals surface area contributed by atoms with E-state index < -0.39 is 0 Å². The van der Waals surface area contributed by atoms with Crippen LogP contribution >= 0.6 is 0 Å². The third kappa shape index (κ3) is 2.92. The SMILES string of the molecule is CC1(CN)CCN(CC2CCCOC2)C1. The van der Waals surface area contributed by atoms with Crippen molar-refractivity contribution >= 4 is 0 Å². The van der Waals surface area contributed by atoms with Gasteiger partial charge in [0.1, 0.15) is 0 Å². The van der Waals surface area contributed by atoms with E-state index in [2.05, 4.69) is 11.8 Å². The summed E-state index contributed by atoms with van der Waals surface area (Å²) in [7, 11) is 0. The highest BCUT2D eigenvalue weighted by molar-refractivity contribution is 4.87. The third-order valence-corrected chi connectivity index (χ3v) is 3.90. The maximum absolute atomic E-state index is 5.81. The molecule has 0 aromatic heterocycles. The van der Waals surface area contributed by atoms with Gasteiger partial charge in [-0.25, -0.2) is 0 Å². The first-order valence-corrected chi connectivity index (χ1v) is 6.22. The molecule has 2 heterocycles. The smallest absolute Gasteiger partial charge is 0.0506 e. The number of ether oxygens (including phenoxy) is 1. The van der Waals surface area contributed by atoms with Crippen molar-refractivity contribution in [1.82, 2.24) is 4.90 Å². The predicted octanol–water partition coefficient (Wildman–Crippen LogP) is 1.08. The summed E-state index contributed by atoms with van der Waals surface area (Å²) in [6.07, 6.45) is 3.85. The highest BCUT2D eigenvalue weighted by Gasteiger charge is 2.33. The summed E-state index contributed by atoms with van der Waals surface area (Å²) < 4.78 is 5.52. The average Bonchev–Trinajstić information content (AvgIpc) is 2.63. The molecule has 0 saturated carbocycles. The molecule has 2 aliphatic rings. The monoisotopic (exact) mass is 212 g/mol. The molecule has 0 amide bonds. The van der Waals surface area contributed by atoms with E-state index in [1.54, 1.807) is 0 Å². The molecule has 0 radical (unpaired) electrons. The first-order valence-electron chi connectivity index (χ1n) is 6.22. The minimum absolute atomic E-state index is 0.371. The van der Waals surface area contributed by atoms with Crippen molar-refractivity contribution in [1.29, 1.82) is 0 Å². The van der Waals surface area contributed by atoms with E-state index in [0.29, 0.717) is 5.41 Å². The quantitative estimate of drug-likeness (QED) is 0.761. The van der Waals surface area contributed by atoms with Crippen LogP contribution in [-0.4, -0.2) is 44.3 Å². The van der Waals surface area contributed by atoms with Crippen molar-refractivity contribution < 1.29 is 4.74 Å². The van der Waals surface area contributed by atoms with Crippen LogP contribution in [0.5, 0.6) is 0 Å². The highest BCUT2D eigenvalue weighted by Crippen LogP contribution is 2.29. The van der Waals surface area contributed by atoms with Gasteiger partial charge in [0.05, 0.1) is 6.61 Å². The second-order valence-electron chi connectivity index (χ2n) is 5.58. The van der Waals surface area contributed by atoms with Gasteiger partial charge < -0.3 is 15.4 Å². The van der Waals surface area contributed by atoms with Gasteiger partial charge in [-0.2, -0.15) is 0 Å². The number of rotatable bonds is 3. The zero-order valence-electron chi connectivity index (χ0n) is 9.87. The Kier molecular flexibility index (Phi) is 3.65. The summed E-state index contributed by atoms with van der Waals surface area (Å²) in [5.41, 5.74) is 6.18. The Balaban J connectivity index is 1.76. The van der Waals surface area contributed by atoms with E-state index in [9.17, 15) is 0 Å². The molecule has 0 aromatic carbocycles. The van der Waals surface area contributed by atoms with E-state index in [1.807, 2.05) is 0 Å². The molecule has 2 saturated heterocycles. The van der Waals surface area contributed by atoms with Crippen LogP contribution in [0.2, 0.25) is 0 Å². The van der Waals surface area contributed by atoms with E-state index in [1.165, 1.54) is 38.9 Å². The molecule has 2 unspecified atom stereocenters. The van der Waals surface area contributed by atoms with Crippen molar-refractivity contribution in [3.05, 3.63) is 0 Å². The van der Waals surface area contributed by atoms with Crippen molar-refractivity contribution in [2.45, 2.75) is 26.2 Å². The van der Waals surface area contributed by atoms with Crippen molar-refractivity contribution in [2.24, 2.45) is 17.1 Å². The minimum atomic E-state index is 0.371. The first kappa shape index (κ1) is 11.4. The molecule has 0 bridgehead atoms. The molecule has 88 valence electrons. The van der Waals surface area contributed by atoms with E-state index >= 15 is 0 Å². The molecule has 3 heteroatoms. The van der Waals surface area contributed by atoms with Crippen LogP contribution in [0, 0.1) is 11.3 Å². The van der Waals surface area contributed by atoms with Gasteiger partial charge >= 0.3 is 0 Å². The van der Waals surface area contributed by atoms with Crippen LogP contribution in [0.15, 0.2) is 0 Å². The van der Waals surface area contributed by atoms with Crippen LogP contribution in [0.3, 0.4) is 0 Å². The van der Waals surface area contributed by atoms with Gasteiger partial charge in [0.2, 0.25) is 0 Å². The number of hydrogen-bond acceptors (Lipinski definition) is 3. The fraction of sp³-hybridized carbons (Fsp3) is 1.00. The van der Waals surface area contributed by atoms with Gasteiger partial charge in [-0.15, -0.1) is 0 Å². The maximum Gasteiger partial charge on any atom is 0.0506 e. The fourth-order valence-corrected chi connectivity index (χ4v) is 2.76. The molecule has 0 aliphatic carbocycles. The lowest BCUT2D eigenvalue weighted by molar-refractivity contribution is 0.0405. The van der Waals surface area contributed by atoms with E-state index in [4.69, 9.17) is 10.5 Å². The molecular formula is C12H24N2O. The van der Waals surface area contributed by atoms with Crippen molar-refractivity contribution in [2.75, 3.05) is 39.4 Å². The third-order valence-electron chi connectivity index (χ3n) is 3.90. The Labute approximate surface area is 93.0 Å². The zero-order chi connectivity index (χ0) is 10.7. The Hall–Kier alpha value is -0.120. The first-order chi connectivity index (χ1) is 7.22. The van der Waals surface area contributed by atoms with Crippen LogP contribution in [0.4, 0.5) is 0 Å². The summed E-state index contributed by atoms with van der Waals surface area (Å²) in [5.74, 6) is 0.763. The second kappa shape index (κ2) is 4.81.